The Balaban J connectivity index is 0.000000201. The van der Waals surface area contributed by atoms with E-state index in [1.807, 2.05) is 75.9 Å². The van der Waals surface area contributed by atoms with E-state index in [2.05, 4.69) is 40.8 Å². The predicted molar refractivity (Wildman–Crippen MR) is 320 cm³/mol. The van der Waals surface area contributed by atoms with E-state index in [-0.39, 0.29) is 60.9 Å². The number of ether oxygens (including phenoxy) is 2. The number of esters is 2. The van der Waals surface area contributed by atoms with Crippen LogP contribution >= 0.6 is 23.2 Å². The van der Waals surface area contributed by atoms with E-state index < -0.39 is 0 Å². The molecule has 1 amide bonds. The normalized spacial score (nSPS) is 15.4. The third-order valence-electron chi connectivity index (χ3n) is 14.8. The second kappa shape index (κ2) is 28.1. The third-order valence-corrected chi connectivity index (χ3v) is 15.3. The molecule has 0 spiro atoms. The molecule has 0 saturated carbocycles. The van der Waals surface area contributed by atoms with Crippen molar-refractivity contribution in [1.82, 2.24) is 29.3 Å². The summed E-state index contributed by atoms with van der Waals surface area (Å²) in [7, 11) is 2.78. The molecule has 20 nitrogen and oxygen atoms in total. The number of benzene rings is 4. The zero-order chi connectivity index (χ0) is 60.0. The number of hydrogen-bond acceptors (Lipinski definition) is 14. The first-order valence-electron chi connectivity index (χ1n) is 26.8. The Hall–Kier alpha value is -9.40. The van der Waals surface area contributed by atoms with Gasteiger partial charge in [-0.1, -0.05) is 85.6 Å². The molecule has 11 rings (SSSR count). The topological polar surface area (TPSA) is 269 Å². The number of rotatable bonds is 15. The number of aromatic nitrogens is 6. The van der Waals surface area contributed by atoms with Crippen LogP contribution in [0.2, 0.25) is 10.0 Å². The number of nitrogens with zero attached hydrogens (tertiary/aromatic N) is 8. The van der Waals surface area contributed by atoms with E-state index in [4.69, 9.17) is 62.5 Å². The lowest BCUT2D eigenvalue weighted by Crippen LogP contribution is -2.27. The molecule has 0 fully saturated rings. The fourth-order valence-corrected chi connectivity index (χ4v) is 11.4. The standard InChI is InChI=1S/C30H27ClN6O3.C30H28ClN3O4.2CH2O2/c1-3-25-23(19-6-4-18(5-7-19)12-30(39)40-2)16-26(33-25)28-11-9-22-13-20(14-29(38)37(22)28)24-15-21(31)8-10-27(24)36-17-32-34-35-36;1-3-25-24(19-6-4-18(5-7-19)12-30(37)38-2)16-27(33-25)28-11-9-22-13-20(14-29(36)34(22)28)23-15-21(31)8-10-26(23)32-17-35;2*2-1-3/h4-8,10,13-15,17,28H,3,9,11-12,16H2,1-2H3;4-8,10,13-15,17,28H,3,9,11-12,16H2,1-2H3,(H,32,35);2*1H,(H,2,3). The number of carbonyl (C=O) groups is 5. The van der Waals surface area contributed by atoms with Crippen molar-refractivity contribution in [2.24, 2.45) is 9.98 Å². The molecule has 0 radical (unpaired) electrons. The number of pyridine rings is 2. The average Bonchev–Trinajstić information content (AvgIpc) is 4.43. The number of aliphatic imine (C=N–C) groups is 2. The molecule has 2 unspecified atom stereocenters. The molecule has 2 atom stereocenters. The molecule has 3 aromatic heterocycles. The molecule has 0 saturated heterocycles. The molecule has 0 bridgehead atoms. The average molecular weight is 1180 g/mol. The number of fused-ring (bicyclic) bond motifs is 2. The number of nitrogens with one attached hydrogen (secondary N) is 1. The zero-order valence-corrected chi connectivity index (χ0v) is 47.8. The smallest absolute Gasteiger partial charge is 0.309 e. The summed E-state index contributed by atoms with van der Waals surface area (Å²) >= 11 is 12.6. The molecular weight excluding hydrogens is 1120 g/mol. The summed E-state index contributed by atoms with van der Waals surface area (Å²) in [5, 5.41) is 29.1. The van der Waals surface area contributed by atoms with Crippen LogP contribution in [0.5, 0.6) is 0 Å². The number of anilines is 1. The molecule has 4 aliphatic heterocycles. The largest absolute Gasteiger partial charge is 0.483 e. The highest BCUT2D eigenvalue weighted by molar-refractivity contribution is 6.31. The summed E-state index contributed by atoms with van der Waals surface area (Å²) in [4.78, 5) is 88.1. The van der Waals surface area contributed by atoms with Crippen LogP contribution in [0.25, 0.3) is 39.1 Å². The van der Waals surface area contributed by atoms with Crippen molar-refractivity contribution >= 4 is 82.8 Å². The Morgan fingerprint density at radius 3 is 1.51 bits per heavy atom. The Morgan fingerprint density at radius 2 is 1.08 bits per heavy atom. The van der Waals surface area contributed by atoms with Gasteiger partial charge in [-0.05, 0) is 142 Å². The molecule has 7 heterocycles. The maximum Gasteiger partial charge on any atom is 0.309 e. The minimum Gasteiger partial charge on any atom is -0.483 e. The third kappa shape index (κ3) is 13.7. The van der Waals surface area contributed by atoms with Gasteiger partial charge in [-0.3, -0.25) is 43.5 Å². The molecule has 4 aliphatic rings. The molecule has 22 heteroatoms. The van der Waals surface area contributed by atoms with Crippen molar-refractivity contribution < 1.29 is 43.7 Å². The van der Waals surface area contributed by atoms with Gasteiger partial charge in [-0.15, -0.1) is 5.10 Å². The van der Waals surface area contributed by atoms with Crippen LogP contribution in [0, 0.1) is 0 Å². The first-order chi connectivity index (χ1) is 40.7. The minimum absolute atomic E-state index is 0.0704. The maximum atomic E-state index is 13.6. The Bertz CT molecular complexity index is 3860. The van der Waals surface area contributed by atoms with E-state index in [0.29, 0.717) is 40.5 Å². The number of tetrazole rings is 1. The lowest BCUT2D eigenvalue weighted by atomic mass is 9.95. The summed E-state index contributed by atoms with van der Waals surface area (Å²) in [6.07, 6.45) is 8.71. The summed E-state index contributed by atoms with van der Waals surface area (Å²) in [6, 6.07) is 33.7. The van der Waals surface area contributed by atoms with Crippen molar-refractivity contribution in [1.29, 1.82) is 0 Å². The van der Waals surface area contributed by atoms with E-state index in [1.54, 1.807) is 41.1 Å². The number of carboxylic acid groups (broad SMARTS) is 2. The van der Waals surface area contributed by atoms with Gasteiger partial charge in [-0.25, -0.2) is 0 Å². The van der Waals surface area contributed by atoms with Crippen LogP contribution in [-0.4, -0.2) is 96.5 Å². The van der Waals surface area contributed by atoms with Gasteiger partial charge in [-0.2, -0.15) is 4.68 Å². The Kier molecular flexibility index (Phi) is 20.3. The highest BCUT2D eigenvalue weighted by Gasteiger charge is 2.34. The summed E-state index contributed by atoms with van der Waals surface area (Å²) < 4.78 is 14.9. The quantitative estimate of drug-likeness (QED) is 0.0637. The van der Waals surface area contributed by atoms with Crippen molar-refractivity contribution in [2.75, 3.05) is 19.5 Å². The van der Waals surface area contributed by atoms with Crippen molar-refractivity contribution in [3.63, 3.8) is 0 Å². The van der Waals surface area contributed by atoms with Crippen molar-refractivity contribution in [2.45, 2.75) is 90.1 Å². The molecule has 84 heavy (non-hydrogen) atoms. The molecule has 3 N–H and O–H groups in total. The lowest BCUT2D eigenvalue weighted by molar-refractivity contribution is -0.140. The first kappa shape index (κ1) is 60.7. The number of halogens is 2. The second-order valence-corrected chi connectivity index (χ2v) is 20.5. The van der Waals surface area contributed by atoms with Gasteiger partial charge in [0.25, 0.3) is 24.1 Å². The molecular formula is C62H59Cl2N9O11. The van der Waals surface area contributed by atoms with E-state index in [9.17, 15) is 24.0 Å². The van der Waals surface area contributed by atoms with Crippen LogP contribution in [-0.2, 0) is 59.1 Å². The molecule has 432 valence electrons. The number of allylic oxidation sites excluding steroid dienone is 4. The highest BCUT2D eigenvalue weighted by Crippen LogP contribution is 2.41. The number of carbonyl (C=O) groups excluding carboxylic acids is 3. The van der Waals surface area contributed by atoms with Gasteiger partial charge in [0, 0.05) is 86.0 Å². The van der Waals surface area contributed by atoms with Crippen molar-refractivity contribution in [3.05, 3.63) is 191 Å². The van der Waals surface area contributed by atoms with Crippen LogP contribution < -0.4 is 16.4 Å². The van der Waals surface area contributed by atoms with Crippen LogP contribution in [0.3, 0.4) is 0 Å². The summed E-state index contributed by atoms with van der Waals surface area (Å²) in [5.74, 6) is -0.527. The van der Waals surface area contributed by atoms with E-state index >= 15 is 0 Å². The number of hydrogen-bond donors (Lipinski definition) is 3. The Labute approximate surface area is 492 Å². The first-order valence-corrected chi connectivity index (χ1v) is 27.6. The van der Waals surface area contributed by atoms with Gasteiger partial charge in [0.15, 0.2) is 0 Å². The van der Waals surface area contributed by atoms with Gasteiger partial charge in [0.1, 0.15) is 6.33 Å². The molecule has 0 aliphatic carbocycles. The maximum absolute atomic E-state index is 13.6. The number of amides is 1. The summed E-state index contributed by atoms with van der Waals surface area (Å²) in [5.41, 5.74) is 16.5. The van der Waals surface area contributed by atoms with Gasteiger partial charge >= 0.3 is 11.9 Å². The van der Waals surface area contributed by atoms with Gasteiger partial charge < -0.3 is 34.1 Å². The minimum atomic E-state index is -0.266. The monoisotopic (exact) mass is 1180 g/mol. The summed E-state index contributed by atoms with van der Waals surface area (Å²) in [6.45, 7) is 3.69. The number of methoxy groups -OCH3 is 2. The fraction of sp³-hybridized carbons (Fsp3) is 0.258. The SMILES string of the molecule is CCC1=C(c2ccc(CC(=O)OC)cc2)CC(C2CCc3cc(-c4cc(Cl)ccc4-n4cnnn4)cc(=O)n32)=N1.CCC1=C(c2ccc(CC(=O)OC)cc2)CC(C2CCc3cc(-c4cc(Cl)ccc4NC=O)cc(=O)n32)=N1.O=CO.O=CO. The second-order valence-electron chi connectivity index (χ2n) is 19.6. The fourth-order valence-electron chi connectivity index (χ4n) is 11.0. The van der Waals surface area contributed by atoms with Gasteiger partial charge in [0.2, 0.25) is 6.41 Å². The number of aryl methyl sites for hydroxylation is 2. The molecule has 7 aromatic rings. The van der Waals surface area contributed by atoms with Crippen molar-refractivity contribution in [3.8, 4) is 27.9 Å². The highest BCUT2D eigenvalue weighted by atomic mass is 35.5. The van der Waals surface area contributed by atoms with Gasteiger partial charge in [0.05, 0.1) is 44.8 Å². The van der Waals surface area contributed by atoms with E-state index in [1.165, 1.54) is 26.1 Å². The van der Waals surface area contributed by atoms with Crippen LogP contribution in [0.4, 0.5) is 5.69 Å². The predicted octanol–water partition coefficient (Wildman–Crippen LogP) is 10.0. The lowest BCUT2D eigenvalue weighted by Gasteiger charge is -2.17. The zero-order valence-electron chi connectivity index (χ0n) is 46.3. The van der Waals surface area contributed by atoms with Crippen LogP contribution in [0.1, 0.15) is 98.1 Å². The molecule has 4 aromatic carbocycles. The Morgan fingerprint density at radius 1 is 0.631 bits per heavy atom. The van der Waals surface area contributed by atoms with Crippen LogP contribution in [0.15, 0.2) is 146 Å². The van der Waals surface area contributed by atoms with E-state index in [0.717, 1.165) is 123 Å².